The van der Waals surface area contributed by atoms with Crippen molar-refractivity contribution in [3.8, 4) is 22.8 Å². The Morgan fingerprint density at radius 1 is 1.08 bits per heavy atom. The molecule has 130 valence electrons. The third kappa shape index (κ3) is 2.90. The number of nitrogens with zero attached hydrogens (tertiary/aromatic N) is 1. The first kappa shape index (κ1) is 15.9. The van der Waals surface area contributed by atoms with Gasteiger partial charge in [0.15, 0.2) is 29.4 Å². The van der Waals surface area contributed by atoms with Crippen molar-refractivity contribution >= 4 is 17.4 Å². The van der Waals surface area contributed by atoms with Gasteiger partial charge in [0, 0.05) is 22.8 Å². The highest BCUT2D eigenvalue weighted by molar-refractivity contribution is 6.09. The topological polar surface area (TPSA) is 90.7 Å². The number of carbonyl (C=O) groups excluding carboxylic acids is 2. The summed E-state index contributed by atoms with van der Waals surface area (Å²) in [6.07, 6.45) is 2.94. The van der Waals surface area contributed by atoms with E-state index < -0.39 is 0 Å². The summed E-state index contributed by atoms with van der Waals surface area (Å²) in [5.74, 6) is 1.08. The van der Waals surface area contributed by atoms with Crippen molar-refractivity contribution in [3.05, 3.63) is 60.1 Å². The Kier molecular flexibility index (Phi) is 3.89. The van der Waals surface area contributed by atoms with Crippen molar-refractivity contribution in [3.63, 3.8) is 0 Å². The summed E-state index contributed by atoms with van der Waals surface area (Å²) in [7, 11) is 0. The van der Waals surface area contributed by atoms with Crippen LogP contribution in [0.15, 0.2) is 53.4 Å². The number of nitrogens with one attached hydrogen (secondary N) is 1. The molecule has 0 bridgehead atoms. The largest absolute Gasteiger partial charge is 0.454 e. The minimum Gasteiger partial charge on any atom is -0.454 e. The molecule has 0 saturated heterocycles. The third-order valence-electron chi connectivity index (χ3n) is 4.00. The average molecular weight is 350 g/mol. The summed E-state index contributed by atoms with van der Waals surface area (Å²) in [5, 5.41) is 2.76. The fourth-order valence-electron chi connectivity index (χ4n) is 2.68. The van der Waals surface area contributed by atoms with Crippen molar-refractivity contribution in [2.45, 2.75) is 6.92 Å². The molecule has 0 radical (unpaired) electrons. The number of ether oxygens (including phenoxy) is 2. The molecule has 4 rings (SSSR count). The van der Waals surface area contributed by atoms with E-state index in [4.69, 9.17) is 13.9 Å². The lowest BCUT2D eigenvalue weighted by atomic mass is 10.1. The van der Waals surface area contributed by atoms with Crippen LogP contribution < -0.4 is 14.8 Å². The maximum Gasteiger partial charge on any atom is 0.255 e. The smallest absolute Gasteiger partial charge is 0.255 e. The van der Waals surface area contributed by atoms with Gasteiger partial charge in [-0.2, -0.15) is 0 Å². The maximum atomic E-state index is 12.6. The van der Waals surface area contributed by atoms with Crippen LogP contribution in [0.4, 0.5) is 5.69 Å². The summed E-state index contributed by atoms with van der Waals surface area (Å²) in [5.41, 5.74) is 2.00. The molecule has 0 fully saturated rings. The van der Waals surface area contributed by atoms with Crippen molar-refractivity contribution in [2.75, 3.05) is 12.1 Å². The Hall–Kier alpha value is -3.61. The lowest BCUT2D eigenvalue weighted by Gasteiger charge is -2.11. The van der Waals surface area contributed by atoms with Crippen molar-refractivity contribution in [1.29, 1.82) is 0 Å². The van der Waals surface area contributed by atoms with Crippen LogP contribution >= 0.6 is 0 Å². The van der Waals surface area contributed by atoms with E-state index in [1.54, 1.807) is 42.6 Å². The van der Waals surface area contributed by atoms with Gasteiger partial charge in [0.1, 0.15) is 0 Å². The number of hydrogen-bond acceptors (Lipinski definition) is 6. The third-order valence-corrected chi connectivity index (χ3v) is 4.00. The number of Topliss-reactive ketones (excluding diaryl/α,β-unsaturated/α-hetero) is 1. The Bertz CT molecular complexity index is 978. The molecule has 1 amide bonds. The summed E-state index contributed by atoms with van der Waals surface area (Å²) < 4.78 is 15.8. The fraction of sp³-hybridized carbons (Fsp3) is 0.105. The van der Waals surface area contributed by atoms with Crippen LogP contribution in [0.1, 0.15) is 27.6 Å². The zero-order valence-corrected chi connectivity index (χ0v) is 13.8. The number of oxazole rings is 1. The summed E-state index contributed by atoms with van der Waals surface area (Å²) in [4.78, 5) is 28.3. The van der Waals surface area contributed by atoms with E-state index in [2.05, 4.69) is 10.3 Å². The molecule has 0 saturated carbocycles. The second-order valence-electron chi connectivity index (χ2n) is 5.70. The molecule has 0 atom stereocenters. The van der Waals surface area contributed by atoms with E-state index in [0.717, 1.165) is 5.56 Å². The molecule has 2 aromatic carbocycles. The molecule has 0 spiro atoms. The molecule has 1 aliphatic rings. The number of rotatable bonds is 4. The molecule has 0 aliphatic carbocycles. The molecular weight excluding hydrogens is 336 g/mol. The lowest BCUT2D eigenvalue weighted by molar-refractivity contribution is 0.101. The quantitative estimate of drug-likeness (QED) is 0.724. The van der Waals surface area contributed by atoms with Crippen LogP contribution in [0.25, 0.3) is 11.3 Å². The second-order valence-corrected chi connectivity index (χ2v) is 5.70. The first-order valence-corrected chi connectivity index (χ1v) is 7.86. The molecule has 26 heavy (non-hydrogen) atoms. The van der Waals surface area contributed by atoms with Crippen LogP contribution in [-0.2, 0) is 0 Å². The van der Waals surface area contributed by atoms with Crippen molar-refractivity contribution in [1.82, 2.24) is 4.98 Å². The van der Waals surface area contributed by atoms with E-state index >= 15 is 0 Å². The molecule has 7 nitrogen and oxygen atoms in total. The van der Waals surface area contributed by atoms with Gasteiger partial charge in [-0.1, -0.05) is 12.1 Å². The van der Waals surface area contributed by atoms with Crippen molar-refractivity contribution < 1.29 is 23.5 Å². The highest BCUT2D eigenvalue weighted by Gasteiger charge is 2.20. The van der Waals surface area contributed by atoms with Crippen LogP contribution in [0.2, 0.25) is 0 Å². The summed E-state index contributed by atoms with van der Waals surface area (Å²) >= 11 is 0. The van der Waals surface area contributed by atoms with E-state index in [1.165, 1.54) is 13.3 Å². The van der Waals surface area contributed by atoms with Gasteiger partial charge in [0.05, 0.1) is 11.9 Å². The molecule has 1 N–H and O–H groups in total. The van der Waals surface area contributed by atoms with Gasteiger partial charge in [0.2, 0.25) is 6.79 Å². The number of aromatic nitrogens is 1. The number of ketones is 1. The summed E-state index contributed by atoms with van der Waals surface area (Å²) in [6, 6.07) is 10.1. The predicted molar refractivity (Wildman–Crippen MR) is 92.5 cm³/mol. The van der Waals surface area contributed by atoms with Gasteiger partial charge in [-0.05, 0) is 25.1 Å². The number of benzene rings is 2. The van der Waals surface area contributed by atoms with Gasteiger partial charge in [-0.25, -0.2) is 4.98 Å². The monoisotopic (exact) mass is 350 g/mol. The Labute approximate surface area is 148 Å². The molecule has 3 aromatic rings. The minimum absolute atomic E-state index is 0.0905. The lowest BCUT2D eigenvalue weighted by Crippen LogP contribution is -2.14. The van der Waals surface area contributed by atoms with Crippen LogP contribution in [0, 0.1) is 0 Å². The zero-order chi connectivity index (χ0) is 18.1. The van der Waals surface area contributed by atoms with Gasteiger partial charge in [0.25, 0.3) is 5.91 Å². The predicted octanol–water partition coefficient (Wildman–Crippen LogP) is 3.53. The minimum atomic E-state index is -0.338. The molecule has 1 aromatic heterocycles. The van der Waals surface area contributed by atoms with Gasteiger partial charge >= 0.3 is 0 Å². The van der Waals surface area contributed by atoms with E-state index in [1.807, 2.05) is 0 Å². The van der Waals surface area contributed by atoms with Gasteiger partial charge in [-0.3, -0.25) is 9.59 Å². The Morgan fingerprint density at radius 2 is 1.81 bits per heavy atom. The van der Waals surface area contributed by atoms with E-state index in [-0.39, 0.29) is 18.5 Å². The van der Waals surface area contributed by atoms with Crippen LogP contribution in [0.3, 0.4) is 0 Å². The Balaban J connectivity index is 1.59. The first-order chi connectivity index (χ1) is 12.6. The molecule has 0 unspecified atom stereocenters. The zero-order valence-electron chi connectivity index (χ0n) is 13.8. The number of amides is 1. The first-order valence-electron chi connectivity index (χ1n) is 7.86. The number of hydrogen-bond donors (Lipinski definition) is 1. The van der Waals surface area contributed by atoms with Crippen LogP contribution in [-0.4, -0.2) is 23.5 Å². The average Bonchev–Trinajstić information content (AvgIpc) is 3.32. The van der Waals surface area contributed by atoms with E-state index in [0.29, 0.717) is 34.1 Å². The molecule has 2 heterocycles. The van der Waals surface area contributed by atoms with Crippen molar-refractivity contribution in [2.24, 2.45) is 0 Å². The number of carbonyl (C=O) groups is 2. The number of anilines is 1. The van der Waals surface area contributed by atoms with Gasteiger partial charge in [-0.15, -0.1) is 0 Å². The normalized spacial score (nSPS) is 12.0. The molecule has 1 aliphatic heterocycles. The second kappa shape index (κ2) is 6.36. The molecular formula is C19H14N2O5. The fourth-order valence-corrected chi connectivity index (χ4v) is 2.68. The van der Waals surface area contributed by atoms with Crippen LogP contribution in [0.5, 0.6) is 11.5 Å². The number of fused-ring (bicyclic) bond motifs is 1. The standard InChI is InChI=1S/C19H14N2O5/c1-11(22)14-6-16-17(26-10-25-16)7-15(14)21-19(23)13-4-2-12(3-5-13)18-8-20-9-24-18/h2-9H,10H2,1H3,(H,21,23). The highest BCUT2D eigenvalue weighted by Crippen LogP contribution is 2.37. The SMILES string of the molecule is CC(=O)c1cc2c(cc1NC(=O)c1ccc(-c3cnco3)cc1)OCO2. The Morgan fingerprint density at radius 3 is 2.46 bits per heavy atom. The van der Waals surface area contributed by atoms with Gasteiger partial charge < -0.3 is 19.2 Å². The molecule has 7 heteroatoms. The maximum absolute atomic E-state index is 12.6. The highest BCUT2D eigenvalue weighted by atomic mass is 16.7. The van der Waals surface area contributed by atoms with E-state index in [9.17, 15) is 9.59 Å². The summed E-state index contributed by atoms with van der Waals surface area (Å²) in [6.45, 7) is 1.52.